The zero-order valence-electron chi connectivity index (χ0n) is 18.5. The van der Waals surface area contributed by atoms with Gasteiger partial charge in [-0.2, -0.15) is 13.2 Å². The van der Waals surface area contributed by atoms with Gasteiger partial charge in [0, 0.05) is 43.0 Å². The summed E-state index contributed by atoms with van der Waals surface area (Å²) in [5, 5.41) is 0.266. The number of carbonyl (C=O) groups is 1. The molecule has 0 radical (unpaired) electrons. The molecule has 7 heteroatoms. The van der Waals surface area contributed by atoms with Crippen LogP contribution in [0.1, 0.15) is 48.0 Å². The van der Waals surface area contributed by atoms with E-state index in [1.165, 1.54) is 43.5 Å². The maximum atomic E-state index is 13.0. The summed E-state index contributed by atoms with van der Waals surface area (Å²) < 4.78 is 40.8. The Morgan fingerprint density at radius 3 is 2.67 bits per heavy atom. The third-order valence-electron chi connectivity index (χ3n) is 7.41. The number of aromatic nitrogens is 2. The Kier molecular flexibility index (Phi) is 5.99. The molecule has 0 amide bonds. The number of hydrogen-bond acceptors (Lipinski definition) is 3. The van der Waals surface area contributed by atoms with Crippen molar-refractivity contribution in [1.29, 1.82) is 0 Å². The smallest absolute Gasteiger partial charge is 0.332 e. The largest absolute Gasteiger partial charge is 0.454 e. The first-order valence-corrected chi connectivity index (χ1v) is 11.8. The molecule has 1 aromatic carbocycles. The predicted molar refractivity (Wildman–Crippen MR) is 121 cm³/mol. The summed E-state index contributed by atoms with van der Waals surface area (Å²) in [7, 11) is 0. The lowest BCUT2D eigenvalue weighted by atomic mass is 9.85. The van der Waals surface area contributed by atoms with Crippen molar-refractivity contribution < 1.29 is 18.0 Å². The van der Waals surface area contributed by atoms with Gasteiger partial charge in [-0.3, -0.25) is 9.69 Å². The Morgan fingerprint density at radius 2 is 1.88 bits per heavy atom. The summed E-state index contributed by atoms with van der Waals surface area (Å²) in [5.41, 5.74) is 1.52. The van der Waals surface area contributed by atoms with Crippen LogP contribution < -0.4 is 0 Å². The molecule has 0 N–H and O–H groups in total. The van der Waals surface area contributed by atoms with Crippen LogP contribution >= 0.6 is 0 Å². The van der Waals surface area contributed by atoms with E-state index in [-0.39, 0.29) is 10.9 Å². The Hall–Kier alpha value is -2.67. The number of Topliss-reactive ketones (excluding diaryl/α,β-unsaturated/α-hetero) is 1. The van der Waals surface area contributed by atoms with Crippen LogP contribution in [-0.2, 0) is 13.0 Å². The molecule has 5 rings (SSSR count). The summed E-state index contributed by atoms with van der Waals surface area (Å²) >= 11 is 0. The van der Waals surface area contributed by atoms with Crippen molar-refractivity contribution in [3.63, 3.8) is 0 Å². The quantitative estimate of drug-likeness (QED) is 0.412. The van der Waals surface area contributed by atoms with Gasteiger partial charge < -0.3 is 4.57 Å². The minimum Gasteiger partial charge on any atom is -0.332 e. The number of benzene rings is 1. The lowest BCUT2D eigenvalue weighted by Gasteiger charge is -2.24. The standard InChI is InChI=1S/C26H28F3N3O/c27-26(28,29)24(33)22-17-31(25-21(22)8-4-13-30-25)14-5-15-32-20-11-12-23(32)19(16-20)10-9-18-6-2-1-3-7-18/h1-4,6-8,13,17,19-20,23H,5,9-12,14-16H2. The van der Waals surface area contributed by atoms with Gasteiger partial charge in [-0.05, 0) is 62.1 Å². The monoisotopic (exact) mass is 455 g/mol. The highest BCUT2D eigenvalue weighted by Crippen LogP contribution is 2.43. The molecule has 174 valence electrons. The van der Waals surface area contributed by atoms with Crippen molar-refractivity contribution in [2.75, 3.05) is 6.54 Å². The van der Waals surface area contributed by atoms with E-state index in [0.717, 1.165) is 19.4 Å². The van der Waals surface area contributed by atoms with Crippen LogP contribution in [0, 0.1) is 5.92 Å². The van der Waals surface area contributed by atoms with Crippen molar-refractivity contribution in [1.82, 2.24) is 14.5 Å². The zero-order chi connectivity index (χ0) is 23.0. The first-order chi connectivity index (χ1) is 15.9. The van der Waals surface area contributed by atoms with Gasteiger partial charge in [0.1, 0.15) is 5.65 Å². The molecular weight excluding hydrogens is 427 g/mol. The van der Waals surface area contributed by atoms with Crippen molar-refractivity contribution in [3.05, 3.63) is 66.0 Å². The van der Waals surface area contributed by atoms with E-state index < -0.39 is 12.0 Å². The molecule has 2 bridgehead atoms. The maximum absolute atomic E-state index is 13.0. The molecule has 3 aromatic rings. The fourth-order valence-corrected chi connectivity index (χ4v) is 5.94. The average molecular weight is 456 g/mol. The molecule has 4 nitrogen and oxygen atoms in total. The minimum absolute atomic E-state index is 0.266. The molecule has 2 aromatic heterocycles. The summed E-state index contributed by atoms with van der Waals surface area (Å²) in [5.74, 6) is -1.09. The Balaban J connectivity index is 1.22. The SMILES string of the molecule is O=C(c1cn(CCCN2C3CCC2C(CCc2ccccc2)C3)c2ncccc12)C(F)(F)F. The number of aryl methyl sites for hydroxylation is 2. The number of rotatable bonds is 8. The van der Waals surface area contributed by atoms with Crippen LogP contribution in [0.4, 0.5) is 13.2 Å². The number of fused-ring (bicyclic) bond motifs is 3. The summed E-state index contributed by atoms with van der Waals surface area (Å²) in [6.07, 6.45) is 4.85. The molecule has 0 aliphatic carbocycles. The molecule has 4 heterocycles. The third-order valence-corrected chi connectivity index (χ3v) is 7.41. The Morgan fingerprint density at radius 1 is 1.06 bits per heavy atom. The summed E-state index contributed by atoms with van der Waals surface area (Å²) in [4.78, 5) is 18.8. The topological polar surface area (TPSA) is 38.1 Å². The number of pyridine rings is 1. The van der Waals surface area contributed by atoms with E-state index in [0.29, 0.717) is 30.2 Å². The van der Waals surface area contributed by atoms with E-state index in [1.54, 1.807) is 16.8 Å². The number of nitrogens with zero attached hydrogens (tertiary/aromatic N) is 3. The van der Waals surface area contributed by atoms with Crippen LogP contribution in [0.2, 0.25) is 0 Å². The van der Waals surface area contributed by atoms with Crippen molar-refractivity contribution >= 4 is 16.8 Å². The Labute approximate surface area is 191 Å². The molecule has 3 unspecified atom stereocenters. The lowest BCUT2D eigenvalue weighted by Crippen LogP contribution is -2.32. The van der Waals surface area contributed by atoms with Crippen LogP contribution in [-0.4, -0.2) is 45.0 Å². The van der Waals surface area contributed by atoms with E-state index in [9.17, 15) is 18.0 Å². The van der Waals surface area contributed by atoms with Gasteiger partial charge in [0.2, 0.25) is 0 Å². The second kappa shape index (κ2) is 8.93. The van der Waals surface area contributed by atoms with Crippen molar-refractivity contribution in [2.24, 2.45) is 5.92 Å². The van der Waals surface area contributed by atoms with Crippen LogP contribution in [0.3, 0.4) is 0 Å². The highest BCUT2D eigenvalue weighted by atomic mass is 19.4. The van der Waals surface area contributed by atoms with Gasteiger partial charge in [0.15, 0.2) is 0 Å². The van der Waals surface area contributed by atoms with Crippen LogP contribution in [0.5, 0.6) is 0 Å². The van der Waals surface area contributed by atoms with Gasteiger partial charge in [-0.15, -0.1) is 0 Å². The molecule has 33 heavy (non-hydrogen) atoms. The first kappa shape index (κ1) is 22.1. The van der Waals surface area contributed by atoms with Crippen LogP contribution in [0.15, 0.2) is 54.9 Å². The number of hydrogen-bond donors (Lipinski definition) is 0. The molecule has 2 aliphatic rings. The predicted octanol–water partition coefficient (Wildman–Crippen LogP) is 5.66. The summed E-state index contributed by atoms with van der Waals surface area (Å²) in [6.45, 7) is 1.47. The van der Waals surface area contributed by atoms with E-state index in [2.05, 4.69) is 34.1 Å². The van der Waals surface area contributed by atoms with E-state index in [1.807, 2.05) is 6.07 Å². The molecule has 0 saturated carbocycles. The van der Waals surface area contributed by atoms with Crippen molar-refractivity contribution in [3.8, 4) is 0 Å². The number of halogens is 3. The number of alkyl halides is 3. The van der Waals surface area contributed by atoms with Gasteiger partial charge in [0.05, 0.1) is 5.56 Å². The molecule has 2 fully saturated rings. The van der Waals surface area contributed by atoms with Gasteiger partial charge in [-0.25, -0.2) is 4.98 Å². The van der Waals surface area contributed by atoms with Gasteiger partial charge in [0.25, 0.3) is 5.78 Å². The zero-order valence-corrected chi connectivity index (χ0v) is 18.5. The third kappa shape index (κ3) is 4.43. The number of carbonyl (C=O) groups excluding carboxylic acids is 1. The first-order valence-electron chi connectivity index (χ1n) is 11.8. The van der Waals surface area contributed by atoms with Crippen LogP contribution in [0.25, 0.3) is 11.0 Å². The Bertz CT molecular complexity index is 1120. The highest BCUT2D eigenvalue weighted by Gasteiger charge is 2.45. The second-order valence-corrected chi connectivity index (χ2v) is 9.35. The molecule has 2 saturated heterocycles. The minimum atomic E-state index is -4.89. The highest BCUT2D eigenvalue weighted by molar-refractivity contribution is 6.10. The lowest BCUT2D eigenvalue weighted by molar-refractivity contribution is -0.0884. The molecule has 0 spiro atoms. The van der Waals surface area contributed by atoms with E-state index >= 15 is 0 Å². The van der Waals surface area contributed by atoms with E-state index in [4.69, 9.17) is 0 Å². The molecular formula is C26H28F3N3O. The maximum Gasteiger partial charge on any atom is 0.454 e. The summed E-state index contributed by atoms with van der Waals surface area (Å²) in [6, 6.07) is 15.0. The number of ketones is 1. The molecule has 3 atom stereocenters. The normalized spacial score (nSPS) is 22.9. The van der Waals surface area contributed by atoms with Gasteiger partial charge in [-0.1, -0.05) is 30.3 Å². The molecule has 2 aliphatic heterocycles. The second-order valence-electron chi connectivity index (χ2n) is 9.35. The fourth-order valence-electron chi connectivity index (χ4n) is 5.94. The van der Waals surface area contributed by atoms with Gasteiger partial charge >= 0.3 is 6.18 Å². The fraction of sp³-hybridized carbons (Fsp3) is 0.462. The van der Waals surface area contributed by atoms with Crippen molar-refractivity contribution in [2.45, 2.75) is 63.3 Å². The average Bonchev–Trinajstić information content (AvgIpc) is 3.48.